The molecule has 0 aliphatic heterocycles. The predicted molar refractivity (Wildman–Crippen MR) is 85.9 cm³/mol. The average molecular weight is 338 g/mol. The number of thiophene rings is 1. The molecule has 0 aromatic carbocycles. The van der Waals surface area contributed by atoms with Gasteiger partial charge in [0.15, 0.2) is 0 Å². The maximum absolute atomic E-state index is 12.5. The molecule has 0 aliphatic carbocycles. The summed E-state index contributed by atoms with van der Waals surface area (Å²) in [5.41, 5.74) is -0.115. The second kappa shape index (κ2) is 7.87. The Morgan fingerprint density at radius 3 is 2.87 bits per heavy atom. The van der Waals surface area contributed by atoms with Crippen molar-refractivity contribution >= 4 is 33.5 Å². The fourth-order valence-electron chi connectivity index (χ4n) is 2.06. The Labute approximate surface area is 136 Å². The predicted octanol–water partition coefficient (Wildman–Crippen LogP) is 2.28. The normalized spacial score (nSPS) is 10.8. The van der Waals surface area contributed by atoms with E-state index in [0.29, 0.717) is 17.9 Å². The molecule has 1 N–H and O–H groups in total. The van der Waals surface area contributed by atoms with Crippen LogP contribution in [0.15, 0.2) is 16.5 Å². The Kier molecular flexibility index (Phi) is 5.86. The van der Waals surface area contributed by atoms with Crippen molar-refractivity contribution in [1.29, 1.82) is 0 Å². The fourth-order valence-corrected chi connectivity index (χ4v) is 2.93. The zero-order valence-corrected chi connectivity index (χ0v) is 13.6. The molecule has 124 valence electrons. The smallest absolute Gasteiger partial charge is 0.339 e. The van der Waals surface area contributed by atoms with E-state index >= 15 is 0 Å². The van der Waals surface area contributed by atoms with Crippen LogP contribution in [0.3, 0.4) is 0 Å². The summed E-state index contributed by atoms with van der Waals surface area (Å²) in [6.45, 7) is 2.56. The zero-order valence-electron chi connectivity index (χ0n) is 12.8. The first-order valence-electron chi connectivity index (χ1n) is 7.40. The largest absolute Gasteiger partial charge is 0.481 e. The molecule has 0 saturated heterocycles. The monoisotopic (exact) mass is 338 g/mol. The number of esters is 1. The molecule has 0 bridgehead atoms. The van der Waals surface area contributed by atoms with Gasteiger partial charge in [-0.2, -0.15) is 0 Å². The van der Waals surface area contributed by atoms with Gasteiger partial charge < -0.3 is 9.84 Å². The number of aromatic nitrogens is 2. The van der Waals surface area contributed by atoms with Crippen LogP contribution in [0.2, 0.25) is 0 Å². The van der Waals surface area contributed by atoms with Crippen LogP contribution in [0.4, 0.5) is 0 Å². The Balaban J connectivity index is 2.24. The highest BCUT2D eigenvalue weighted by Gasteiger charge is 2.18. The first kappa shape index (κ1) is 17.1. The molecule has 0 radical (unpaired) electrons. The van der Waals surface area contributed by atoms with Crippen LogP contribution in [0.25, 0.3) is 10.2 Å². The number of carboxylic acid groups (broad SMARTS) is 1. The molecule has 7 nitrogen and oxygen atoms in total. The highest BCUT2D eigenvalue weighted by Crippen LogP contribution is 2.21. The number of rotatable bonds is 8. The number of ether oxygens (including phenoxy) is 1. The Morgan fingerprint density at radius 1 is 1.39 bits per heavy atom. The number of unbranched alkanes of at least 4 members (excludes halogenated alkanes) is 1. The van der Waals surface area contributed by atoms with Gasteiger partial charge in [0.2, 0.25) is 0 Å². The molecule has 0 spiro atoms. The van der Waals surface area contributed by atoms with Crippen LogP contribution in [-0.2, 0) is 16.1 Å². The molecule has 2 heterocycles. The van der Waals surface area contributed by atoms with E-state index in [1.54, 1.807) is 5.38 Å². The highest BCUT2D eigenvalue weighted by molar-refractivity contribution is 7.17. The van der Waals surface area contributed by atoms with E-state index in [4.69, 9.17) is 9.84 Å². The number of hydrogen-bond acceptors (Lipinski definition) is 6. The van der Waals surface area contributed by atoms with E-state index in [-0.39, 0.29) is 29.5 Å². The maximum Gasteiger partial charge on any atom is 0.339 e. The van der Waals surface area contributed by atoms with Gasteiger partial charge in [0.05, 0.1) is 23.9 Å². The quantitative estimate of drug-likeness (QED) is 0.586. The van der Waals surface area contributed by atoms with Crippen molar-refractivity contribution in [1.82, 2.24) is 9.55 Å². The number of nitrogens with zero attached hydrogens (tertiary/aromatic N) is 2. The van der Waals surface area contributed by atoms with E-state index in [0.717, 1.165) is 12.8 Å². The minimum atomic E-state index is -0.914. The Hall–Kier alpha value is -2.22. The molecule has 23 heavy (non-hydrogen) atoms. The van der Waals surface area contributed by atoms with Gasteiger partial charge in [-0.05, 0) is 12.8 Å². The zero-order chi connectivity index (χ0) is 16.8. The van der Waals surface area contributed by atoms with Crippen LogP contribution in [0.1, 0.15) is 43.0 Å². The van der Waals surface area contributed by atoms with Gasteiger partial charge in [0, 0.05) is 18.3 Å². The van der Waals surface area contributed by atoms with E-state index in [1.807, 2.05) is 6.92 Å². The second-order valence-electron chi connectivity index (χ2n) is 5.06. The average Bonchev–Trinajstić information content (AvgIpc) is 2.94. The molecule has 0 unspecified atom stereocenters. The van der Waals surface area contributed by atoms with E-state index in [1.165, 1.54) is 22.2 Å². The highest BCUT2D eigenvalue weighted by atomic mass is 32.1. The van der Waals surface area contributed by atoms with Crippen molar-refractivity contribution in [2.24, 2.45) is 0 Å². The minimum absolute atomic E-state index is 0.0277. The SMILES string of the molecule is CCCCOC(=O)c1csc2ncn(CCCC(=O)O)c(=O)c12. The molecule has 2 aromatic heterocycles. The van der Waals surface area contributed by atoms with Crippen LogP contribution < -0.4 is 5.56 Å². The third kappa shape index (κ3) is 4.16. The molecular weight excluding hydrogens is 320 g/mol. The number of carbonyl (C=O) groups is 2. The first-order chi connectivity index (χ1) is 11.0. The van der Waals surface area contributed by atoms with Crippen molar-refractivity contribution < 1.29 is 19.4 Å². The van der Waals surface area contributed by atoms with Crippen molar-refractivity contribution in [2.75, 3.05) is 6.61 Å². The standard InChI is InChI=1S/C15H18N2O5S/c1-2-3-7-22-15(21)10-8-23-13-12(10)14(20)17(9-16-13)6-4-5-11(18)19/h8-9H,2-7H2,1H3,(H,18,19). The molecule has 0 amide bonds. The summed E-state index contributed by atoms with van der Waals surface area (Å²) in [5.74, 6) is -1.44. The molecule has 0 aliphatic rings. The van der Waals surface area contributed by atoms with Gasteiger partial charge in [0.1, 0.15) is 4.83 Å². The van der Waals surface area contributed by atoms with Crippen molar-refractivity contribution in [3.8, 4) is 0 Å². The van der Waals surface area contributed by atoms with Crippen LogP contribution >= 0.6 is 11.3 Å². The first-order valence-corrected chi connectivity index (χ1v) is 8.28. The second-order valence-corrected chi connectivity index (χ2v) is 5.92. The molecule has 0 fully saturated rings. The van der Waals surface area contributed by atoms with E-state index < -0.39 is 11.9 Å². The van der Waals surface area contributed by atoms with Gasteiger partial charge in [-0.1, -0.05) is 13.3 Å². The number of hydrogen-bond donors (Lipinski definition) is 1. The third-order valence-electron chi connectivity index (χ3n) is 3.30. The fraction of sp³-hybridized carbons (Fsp3) is 0.467. The number of carbonyl (C=O) groups excluding carboxylic acids is 1. The maximum atomic E-state index is 12.5. The molecule has 0 saturated carbocycles. The third-order valence-corrected chi connectivity index (χ3v) is 4.19. The summed E-state index contributed by atoms with van der Waals surface area (Å²) in [7, 11) is 0. The summed E-state index contributed by atoms with van der Waals surface area (Å²) in [5, 5.41) is 10.5. The molecule has 2 rings (SSSR count). The van der Waals surface area contributed by atoms with Gasteiger partial charge in [-0.3, -0.25) is 14.2 Å². The van der Waals surface area contributed by atoms with Gasteiger partial charge in [0.25, 0.3) is 5.56 Å². The number of aryl methyl sites for hydroxylation is 1. The lowest BCUT2D eigenvalue weighted by Gasteiger charge is -2.05. The molecular formula is C15H18N2O5S. The van der Waals surface area contributed by atoms with E-state index in [2.05, 4.69) is 4.98 Å². The van der Waals surface area contributed by atoms with Crippen LogP contribution in [-0.4, -0.2) is 33.2 Å². The summed E-state index contributed by atoms with van der Waals surface area (Å²) in [4.78, 5) is 39.8. The van der Waals surface area contributed by atoms with Crippen molar-refractivity contribution in [3.63, 3.8) is 0 Å². The number of aliphatic carboxylic acids is 1. The Morgan fingerprint density at radius 2 is 2.17 bits per heavy atom. The topological polar surface area (TPSA) is 98.5 Å². The van der Waals surface area contributed by atoms with Crippen molar-refractivity contribution in [3.05, 3.63) is 27.6 Å². The Bertz CT molecular complexity index is 765. The lowest BCUT2D eigenvalue weighted by atomic mass is 10.2. The van der Waals surface area contributed by atoms with Gasteiger partial charge >= 0.3 is 11.9 Å². The summed E-state index contributed by atoms with van der Waals surface area (Å²) < 4.78 is 6.49. The van der Waals surface area contributed by atoms with Gasteiger partial charge in [-0.15, -0.1) is 11.3 Å². The lowest BCUT2D eigenvalue weighted by molar-refractivity contribution is -0.137. The summed E-state index contributed by atoms with van der Waals surface area (Å²) >= 11 is 1.21. The summed E-state index contributed by atoms with van der Waals surface area (Å²) in [6.07, 6.45) is 3.36. The van der Waals surface area contributed by atoms with E-state index in [9.17, 15) is 14.4 Å². The lowest BCUT2D eigenvalue weighted by Crippen LogP contribution is -2.22. The number of carboxylic acids is 1. The van der Waals surface area contributed by atoms with Crippen molar-refractivity contribution in [2.45, 2.75) is 39.2 Å². The molecule has 0 atom stereocenters. The van der Waals surface area contributed by atoms with Crippen LogP contribution in [0, 0.1) is 0 Å². The van der Waals surface area contributed by atoms with Crippen LogP contribution in [0.5, 0.6) is 0 Å². The summed E-state index contributed by atoms with van der Waals surface area (Å²) in [6, 6.07) is 0. The van der Waals surface area contributed by atoms with Gasteiger partial charge in [-0.25, -0.2) is 9.78 Å². The number of fused-ring (bicyclic) bond motifs is 1. The minimum Gasteiger partial charge on any atom is -0.481 e. The molecule has 8 heteroatoms. The molecule has 2 aromatic rings.